The fourth-order valence-corrected chi connectivity index (χ4v) is 2.34. The second kappa shape index (κ2) is 7.53. The highest BCUT2D eigenvalue weighted by Crippen LogP contribution is 2.28. The number of benzene rings is 3. The lowest BCUT2D eigenvalue weighted by molar-refractivity contribution is 0.102. The summed E-state index contributed by atoms with van der Waals surface area (Å²) in [4.78, 5) is 12.4. The number of nitrogens with one attached hydrogen (secondary N) is 1. The summed E-state index contributed by atoms with van der Waals surface area (Å²) < 4.78 is 0. The van der Waals surface area contributed by atoms with Crippen LogP contribution in [-0.4, -0.2) is 5.91 Å². The molecule has 4 nitrogen and oxygen atoms in total. The number of carbonyl (C=O) groups is 1. The monoisotopic (exact) mass is 329 g/mol. The molecule has 0 radical (unpaired) electrons. The maximum atomic E-state index is 12.4. The summed E-state index contributed by atoms with van der Waals surface area (Å²) in [6, 6.07) is 22.6. The zero-order chi connectivity index (χ0) is 17.6. The zero-order valence-electron chi connectivity index (χ0n) is 14.2. The minimum atomic E-state index is -0.170. The van der Waals surface area contributed by atoms with Gasteiger partial charge in [0.1, 0.15) is 5.69 Å². The number of hydrogen-bond acceptors (Lipinski definition) is 3. The lowest BCUT2D eigenvalue weighted by atomic mass is 10.1. The van der Waals surface area contributed by atoms with E-state index >= 15 is 0 Å². The van der Waals surface area contributed by atoms with E-state index in [0.717, 1.165) is 11.3 Å². The van der Waals surface area contributed by atoms with E-state index in [1.165, 1.54) is 5.56 Å². The minimum Gasteiger partial charge on any atom is -0.320 e. The Bertz CT molecular complexity index is 900. The van der Waals surface area contributed by atoms with Crippen molar-refractivity contribution in [1.82, 2.24) is 0 Å². The molecule has 1 amide bonds. The third-order valence-corrected chi connectivity index (χ3v) is 3.74. The van der Waals surface area contributed by atoms with Gasteiger partial charge in [-0.15, -0.1) is 5.11 Å². The molecule has 3 aromatic carbocycles. The summed E-state index contributed by atoms with van der Waals surface area (Å²) in [5, 5.41) is 11.5. The van der Waals surface area contributed by atoms with Crippen molar-refractivity contribution < 1.29 is 4.79 Å². The van der Waals surface area contributed by atoms with Crippen molar-refractivity contribution in [1.29, 1.82) is 0 Å². The highest BCUT2D eigenvalue weighted by molar-refractivity contribution is 6.05. The molecule has 25 heavy (non-hydrogen) atoms. The first kappa shape index (κ1) is 16.6. The Balaban J connectivity index is 1.85. The lowest BCUT2D eigenvalue weighted by Gasteiger charge is -2.08. The van der Waals surface area contributed by atoms with E-state index < -0.39 is 0 Å². The van der Waals surface area contributed by atoms with Crippen molar-refractivity contribution in [3.8, 4) is 0 Å². The van der Waals surface area contributed by atoms with Crippen LogP contribution in [0.2, 0.25) is 0 Å². The predicted molar refractivity (Wildman–Crippen MR) is 101 cm³/mol. The molecule has 0 aliphatic heterocycles. The van der Waals surface area contributed by atoms with Gasteiger partial charge >= 0.3 is 0 Å². The van der Waals surface area contributed by atoms with E-state index in [1.807, 2.05) is 74.5 Å². The number of nitrogens with zero attached hydrogens (tertiary/aromatic N) is 2. The van der Waals surface area contributed by atoms with E-state index in [9.17, 15) is 4.79 Å². The molecule has 0 saturated heterocycles. The fourth-order valence-electron chi connectivity index (χ4n) is 2.34. The molecule has 0 fully saturated rings. The quantitative estimate of drug-likeness (QED) is 0.589. The number of hydrogen-bond donors (Lipinski definition) is 1. The molecule has 3 aromatic rings. The first-order chi connectivity index (χ1) is 12.1. The van der Waals surface area contributed by atoms with Crippen molar-refractivity contribution in [2.24, 2.45) is 10.2 Å². The van der Waals surface area contributed by atoms with E-state index in [4.69, 9.17) is 0 Å². The van der Waals surface area contributed by atoms with Gasteiger partial charge in [-0.05, 0) is 55.8 Å². The van der Waals surface area contributed by atoms with Crippen LogP contribution in [-0.2, 0) is 0 Å². The van der Waals surface area contributed by atoms with E-state index in [0.29, 0.717) is 16.9 Å². The standard InChI is InChI=1S/C21H19N3O/c1-15-8-11-18(12-9-15)23-24-20-14-16(2)10-13-19(20)22-21(25)17-6-4-3-5-7-17/h3-14H,1-2H3,(H,22,25). The molecule has 0 unspecified atom stereocenters. The fraction of sp³-hybridized carbons (Fsp3) is 0.0952. The van der Waals surface area contributed by atoms with Crippen LogP contribution in [0, 0.1) is 13.8 Å². The molecule has 0 bridgehead atoms. The van der Waals surface area contributed by atoms with Gasteiger partial charge in [0.2, 0.25) is 0 Å². The Labute approximate surface area is 147 Å². The van der Waals surface area contributed by atoms with Gasteiger partial charge in [-0.25, -0.2) is 0 Å². The number of aryl methyl sites for hydroxylation is 2. The molecule has 0 aliphatic carbocycles. The van der Waals surface area contributed by atoms with Gasteiger partial charge in [0.05, 0.1) is 11.4 Å². The summed E-state index contributed by atoms with van der Waals surface area (Å²) in [7, 11) is 0. The van der Waals surface area contributed by atoms with Gasteiger partial charge in [0.25, 0.3) is 5.91 Å². The van der Waals surface area contributed by atoms with Gasteiger partial charge in [-0.2, -0.15) is 5.11 Å². The van der Waals surface area contributed by atoms with Crippen molar-refractivity contribution in [2.45, 2.75) is 13.8 Å². The van der Waals surface area contributed by atoms with Gasteiger partial charge in [-0.3, -0.25) is 4.79 Å². The minimum absolute atomic E-state index is 0.170. The number of amides is 1. The summed E-state index contributed by atoms with van der Waals surface area (Å²) in [6.45, 7) is 4.01. The van der Waals surface area contributed by atoms with Crippen LogP contribution in [0.3, 0.4) is 0 Å². The summed E-state index contributed by atoms with van der Waals surface area (Å²) >= 11 is 0. The molecule has 1 N–H and O–H groups in total. The van der Waals surface area contributed by atoms with Gasteiger partial charge in [0, 0.05) is 5.56 Å². The van der Waals surface area contributed by atoms with Crippen molar-refractivity contribution in [2.75, 3.05) is 5.32 Å². The first-order valence-electron chi connectivity index (χ1n) is 8.07. The second-order valence-corrected chi connectivity index (χ2v) is 5.88. The van der Waals surface area contributed by atoms with E-state index in [1.54, 1.807) is 12.1 Å². The summed E-state index contributed by atoms with van der Waals surface area (Å²) in [5.74, 6) is -0.170. The molecule has 124 valence electrons. The molecule has 0 atom stereocenters. The zero-order valence-corrected chi connectivity index (χ0v) is 14.2. The number of rotatable bonds is 4. The Morgan fingerprint density at radius 2 is 1.48 bits per heavy atom. The van der Waals surface area contributed by atoms with E-state index in [2.05, 4.69) is 15.5 Å². The molecule has 0 saturated carbocycles. The third kappa shape index (κ3) is 4.38. The van der Waals surface area contributed by atoms with Crippen LogP contribution in [0.4, 0.5) is 17.1 Å². The molecule has 0 spiro atoms. The first-order valence-corrected chi connectivity index (χ1v) is 8.07. The molecule has 3 rings (SSSR count). The normalized spacial score (nSPS) is 10.8. The topological polar surface area (TPSA) is 53.8 Å². The van der Waals surface area contributed by atoms with Crippen LogP contribution < -0.4 is 5.32 Å². The second-order valence-electron chi connectivity index (χ2n) is 5.88. The smallest absolute Gasteiger partial charge is 0.255 e. The highest BCUT2D eigenvalue weighted by Gasteiger charge is 2.09. The Morgan fingerprint density at radius 3 is 2.20 bits per heavy atom. The lowest BCUT2D eigenvalue weighted by Crippen LogP contribution is -2.11. The highest BCUT2D eigenvalue weighted by atomic mass is 16.1. The van der Waals surface area contributed by atoms with Gasteiger partial charge < -0.3 is 5.32 Å². The molecule has 0 heterocycles. The van der Waals surface area contributed by atoms with Crippen molar-refractivity contribution in [3.63, 3.8) is 0 Å². The average molecular weight is 329 g/mol. The largest absolute Gasteiger partial charge is 0.320 e. The molecular formula is C21H19N3O. The van der Waals surface area contributed by atoms with E-state index in [-0.39, 0.29) is 5.91 Å². The van der Waals surface area contributed by atoms with Crippen LogP contribution in [0.1, 0.15) is 21.5 Å². The van der Waals surface area contributed by atoms with Gasteiger partial charge in [0.15, 0.2) is 0 Å². The maximum absolute atomic E-state index is 12.4. The molecular weight excluding hydrogens is 310 g/mol. The van der Waals surface area contributed by atoms with Crippen molar-refractivity contribution >= 4 is 23.0 Å². The number of anilines is 1. The number of carbonyl (C=O) groups excluding carboxylic acids is 1. The number of azo groups is 1. The predicted octanol–water partition coefficient (Wildman–Crippen LogP) is 5.97. The summed E-state index contributed by atoms with van der Waals surface area (Å²) in [6.07, 6.45) is 0. The Hall–Kier alpha value is -3.27. The molecule has 4 heteroatoms. The summed E-state index contributed by atoms with van der Waals surface area (Å²) in [5.41, 5.74) is 4.86. The Morgan fingerprint density at radius 1 is 0.800 bits per heavy atom. The maximum Gasteiger partial charge on any atom is 0.255 e. The van der Waals surface area contributed by atoms with Gasteiger partial charge in [-0.1, -0.05) is 42.0 Å². The van der Waals surface area contributed by atoms with Crippen LogP contribution in [0.5, 0.6) is 0 Å². The van der Waals surface area contributed by atoms with Crippen molar-refractivity contribution in [3.05, 3.63) is 89.5 Å². The Kier molecular flexibility index (Phi) is 5.00. The average Bonchev–Trinajstić information content (AvgIpc) is 2.64. The molecule has 0 aromatic heterocycles. The van der Waals surface area contributed by atoms with Crippen LogP contribution in [0.15, 0.2) is 83.0 Å². The molecule has 0 aliphatic rings. The van der Waals surface area contributed by atoms with Crippen LogP contribution in [0.25, 0.3) is 0 Å². The SMILES string of the molecule is Cc1ccc(N=Nc2cc(C)ccc2NC(=O)c2ccccc2)cc1. The third-order valence-electron chi connectivity index (χ3n) is 3.74. The van der Waals surface area contributed by atoms with Crippen LogP contribution >= 0.6 is 0 Å².